The highest BCUT2D eigenvalue weighted by molar-refractivity contribution is 5.92. The van der Waals surface area contributed by atoms with Crippen LogP contribution < -0.4 is 5.32 Å². The van der Waals surface area contributed by atoms with Crippen molar-refractivity contribution in [1.82, 2.24) is 14.8 Å². The largest absolute Gasteiger partial charge is 0.322 e. The quantitative estimate of drug-likeness (QED) is 0.901. The van der Waals surface area contributed by atoms with Crippen molar-refractivity contribution in [3.63, 3.8) is 0 Å². The molecule has 0 spiro atoms. The minimum Gasteiger partial charge on any atom is -0.322 e. The lowest BCUT2D eigenvalue weighted by Gasteiger charge is -2.34. The fraction of sp³-hybridized carbons (Fsp3) is 0.333. The lowest BCUT2D eigenvalue weighted by Crippen LogP contribution is -2.48. The molecule has 1 aliphatic heterocycles. The van der Waals surface area contributed by atoms with Crippen LogP contribution in [0.2, 0.25) is 0 Å². The summed E-state index contributed by atoms with van der Waals surface area (Å²) < 4.78 is 26.4. The number of benzene rings is 1. The SMILES string of the molecule is O=C(CN1CCN(Cc2ccccn2)CC1)Nc1ccc(F)cc1F. The first-order valence-electron chi connectivity index (χ1n) is 8.20. The highest BCUT2D eigenvalue weighted by Gasteiger charge is 2.19. The molecule has 7 heteroatoms. The van der Waals surface area contributed by atoms with E-state index in [4.69, 9.17) is 0 Å². The van der Waals surface area contributed by atoms with E-state index in [9.17, 15) is 13.6 Å². The zero-order valence-corrected chi connectivity index (χ0v) is 13.8. The van der Waals surface area contributed by atoms with Gasteiger partial charge in [0.05, 0.1) is 17.9 Å². The van der Waals surface area contributed by atoms with Crippen LogP contribution in [0.1, 0.15) is 5.69 Å². The van der Waals surface area contributed by atoms with Gasteiger partial charge in [0.25, 0.3) is 0 Å². The molecule has 1 aromatic carbocycles. The van der Waals surface area contributed by atoms with E-state index in [-0.39, 0.29) is 18.1 Å². The Morgan fingerprint density at radius 1 is 1.08 bits per heavy atom. The van der Waals surface area contributed by atoms with E-state index in [2.05, 4.69) is 15.2 Å². The predicted octanol–water partition coefficient (Wildman–Crippen LogP) is 2.12. The maximum absolute atomic E-state index is 13.6. The molecule has 0 unspecified atom stereocenters. The fourth-order valence-corrected chi connectivity index (χ4v) is 2.81. The topological polar surface area (TPSA) is 48.5 Å². The summed E-state index contributed by atoms with van der Waals surface area (Å²) in [7, 11) is 0. The van der Waals surface area contributed by atoms with Gasteiger partial charge in [0, 0.05) is 45.0 Å². The third kappa shape index (κ3) is 5.04. The average molecular weight is 346 g/mol. The van der Waals surface area contributed by atoms with Gasteiger partial charge in [0.2, 0.25) is 5.91 Å². The number of nitrogens with zero attached hydrogens (tertiary/aromatic N) is 3. The summed E-state index contributed by atoms with van der Waals surface area (Å²) in [6.07, 6.45) is 1.78. The second-order valence-corrected chi connectivity index (χ2v) is 6.05. The summed E-state index contributed by atoms with van der Waals surface area (Å²) in [5, 5.41) is 2.49. The summed E-state index contributed by atoms with van der Waals surface area (Å²) >= 11 is 0. The van der Waals surface area contributed by atoms with E-state index >= 15 is 0 Å². The number of piperazine rings is 1. The first-order valence-corrected chi connectivity index (χ1v) is 8.20. The number of nitrogens with one attached hydrogen (secondary N) is 1. The molecule has 5 nitrogen and oxygen atoms in total. The molecule has 132 valence electrons. The molecule has 1 aromatic heterocycles. The van der Waals surface area contributed by atoms with Crippen LogP contribution in [0.5, 0.6) is 0 Å². The van der Waals surface area contributed by atoms with Crippen molar-refractivity contribution >= 4 is 11.6 Å². The Hall–Kier alpha value is -2.38. The number of rotatable bonds is 5. The van der Waals surface area contributed by atoms with Crippen molar-refractivity contribution < 1.29 is 13.6 Å². The fourth-order valence-electron chi connectivity index (χ4n) is 2.81. The number of aromatic nitrogens is 1. The van der Waals surface area contributed by atoms with Gasteiger partial charge in [-0.3, -0.25) is 19.6 Å². The Labute approximate surface area is 145 Å². The number of anilines is 1. The van der Waals surface area contributed by atoms with Gasteiger partial charge in [-0.15, -0.1) is 0 Å². The normalized spacial score (nSPS) is 15.9. The minimum atomic E-state index is -0.770. The van der Waals surface area contributed by atoms with Gasteiger partial charge < -0.3 is 5.32 Å². The Morgan fingerprint density at radius 3 is 2.52 bits per heavy atom. The molecular formula is C18H20F2N4O. The van der Waals surface area contributed by atoms with Gasteiger partial charge in [-0.2, -0.15) is 0 Å². The van der Waals surface area contributed by atoms with Gasteiger partial charge in [-0.05, 0) is 24.3 Å². The lowest BCUT2D eigenvalue weighted by molar-refractivity contribution is -0.117. The highest BCUT2D eigenvalue weighted by atomic mass is 19.1. The van der Waals surface area contributed by atoms with E-state index < -0.39 is 11.6 Å². The molecule has 1 fully saturated rings. The Bertz CT molecular complexity index is 718. The summed E-state index contributed by atoms with van der Waals surface area (Å²) in [5.74, 6) is -1.74. The van der Waals surface area contributed by atoms with Crippen molar-refractivity contribution in [2.24, 2.45) is 0 Å². The van der Waals surface area contributed by atoms with Crippen molar-refractivity contribution in [1.29, 1.82) is 0 Å². The molecule has 1 amide bonds. The van der Waals surface area contributed by atoms with Gasteiger partial charge in [0.15, 0.2) is 0 Å². The maximum atomic E-state index is 13.6. The van der Waals surface area contributed by atoms with Crippen LogP contribution >= 0.6 is 0 Å². The molecule has 2 heterocycles. The smallest absolute Gasteiger partial charge is 0.238 e. The van der Waals surface area contributed by atoms with Gasteiger partial charge in [-0.25, -0.2) is 8.78 Å². The van der Waals surface area contributed by atoms with Crippen molar-refractivity contribution in [2.75, 3.05) is 38.0 Å². The van der Waals surface area contributed by atoms with Crippen LogP contribution in [0.4, 0.5) is 14.5 Å². The summed E-state index contributed by atoms with van der Waals surface area (Å²) in [5.41, 5.74) is 1.03. The maximum Gasteiger partial charge on any atom is 0.238 e. The second kappa shape index (κ2) is 8.13. The number of hydrogen-bond donors (Lipinski definition) is 1. The van der Waals surface area contributed by atoms with Crippen molar-refractivity contribution in [2.45, 2.75) is 6.54 Å². The molecule has 25 heavy (non-hydrogen) atoms. The van der Waals surface area contributed by atoms with E-state index in [1.54, 1.807) is 6.20 Å². The number of hydrogen-bond acceptors (Lipinski definition) is 4. The Kier molecular flexibility index (Phi) is 5.67. The number of carbonyl (C=O) groups excluding carboxylic acids is 1. The lowest BCUT2D eigenvalue weighted by atomic mass is 10.2. The zero-order valence-electron chi connectivity index (χ0n) is 13.8. The van der Waals surface area contributed by atoms with Crippen LogP contribution in [0.15, 0.2) is 42.6 Å². The van der Waals surface area contributed by atoms with Crippen molar-refractivity contribution in [3.05, 3.63) is 59.9 Å². The zero-order chi connectivity index (χ0) is 17.6. The summed E-state index contributed by atoms with van der Waals surface area (Å²) in [4.78, 5) is 20.7. The van der Waals surface area contributed by atoms with E-state index in [0.29, 0.717) is 0 Å². The average Bonchev–Trinajstić information content (AvgIpc) is 2.60. The molecule has 2 aromatic rings. The Balaban J connectivity index is 1.44. The first kappa shape index (κ1) is 17.4. The van der Waals surface area contributed by atoms with E-state index in [1.165, 1.54) is 6.07 Å². The molecular weight excluding hydrogens is 326 g/mol. The number of halogens is 2. The minimum absolute atomic E-state index is 0.000174. The van der Waals surface area contributed by atoms with Gasteiger partial charge in [-0.1, -0.05) is 6.07 Å². The van der Waals surface area contributed by atoms with E-state index in [1.807, 2.05) is 23.1 Å². The molecule has 1 saturated heterocycles. The van der Waals surface area contributed by atoms with Gasteiger partial charge in [0.1, 0.15) is 11.6 Å². The highest BCUT2D eigenvalue weighted by Crippen LogP contribution is 2.15. The molecule has 0 atom stereocenters. The molecule has 0 radical (unpaired) electrons. The van der Waals surface area contributed by atoms with Crippen LogP contribution in [0.25, 0.3) is 0 Å². The number of amides is 1. The molecule has 0 saturated carbocycles. The Morgan fingerprint density at radius 2 is 1.84 bits per heavy atom. The van der Waals surface area contributed by atoms with Crippen molar-refractivity contribution in [3.8, 4) is 0 Å². The third-order valence-electron chi connectivity index (χ3n) is 4.15. The molecule has 3 rings (SSSR count). The van der Waals surface area contributed by atoms with Crippen LogP contribution in [0, 0.1) is 11.6 Å². The molecule has 0 aliphatic carbocycles. The summed E-state index contributed by atoms with van der Waals surface area (Å²) in [6, 6.07) is 8.97. The monoisotopic (exact) mass is 346 g/mol. The third-order valence-corrected chi connectivity index (χ3v) is 4.15. The standard InChI is InChI=1S/C18H20F2N4O/c19-14-4-5-17(16(20)11-14)22-18(25)13-24-9-7-23(8-10-24)12-15-3-1-2-6-21-15/h1-6,11H,7-10,12-13H2,(H,22,25). The number of carbonyl (C=O) groups is 1. The number of pyridine rings is 1. The van der Waals surface area contributed by atoms with Crippen LogP contribution in [-0.2, 0) is 11.3 Å². The van der Waals surface area contributed by atoms with E-state index in [0.717, 1.165) is 50.6 Å². The summed E-state index contributed by atoms with van der Waals surface area (Å²) in [6.45, 7) is 4.18. The second-order valence-electron chi connectivity index (χ2n) is 6.05. The van der Waals surface area contributed by atoms with Crippen LogP contribution in [0.3, 0.4) is 0 Å². The molecule has 1 aliphatic rings. The predicted molar refractivity (Wildman–Crippen MR) is 90.9 cm³/mol. The van der Waals surface area contributed by atoms with Crippen LogP contribution in [-0.4, -0.2) is 53.4 Å². The first-order chi connectivity index (χ1) is 12.1. The van der Waals surface area contributed by atoms with Gasteiger partial charge >= 0.3 is 0 Å². The molecule has 1 N–H and O–H groups in total. The molecule has 0 bridgehead atoms.